The van der Waals surface area contributed by atoms with Gasteiger partial charge in [0.25, 0.3) is 0 Å². The average Bonchev–Trinajstić information content (AvgIpc) is 3.00. The maximum Gasteiger partial charge on any atom is 0.307 e. The fourth-order valence-corrected chi connectivity index (χ4v) is 1.96. The maximum absolute atomic E-state index is 12.0. The van der Waals surface area contributed by atoms with E-state index >= 15 is 0 Å². The standard InChI is InChI=1S/C13H14O3/c1-7-3-4-8(2)9(5-7)12(14)10-6-11(10)13(15)16/h3-5,10-11H,6H2,1-2H3,(H,15,16). The molecule has 1 N–H and O–H groups in total. The third kappa shape index (κ3) is 1.85. The molecule has 0 saturated heterocycles. The van der Waals surface area contributed by atoms with E-state index in [1.54, 1.807) is 0 Å². The predicted octanol–water partition coefficient (Wildman–Crippen LogP) is 2.21. The molecular weight excluding hydrogens is 204 g/mol. The Hall–Kier alpha value is -1.64. The number of carbonyl (C=O) groups excluding carboxylic acids is 1. The second-order valence-electron chi connectivity index (χ2n) is 4.47. The van der Waals surface area contributed by atoms with Crippen molar-refractivity contribution in [3.05, 3.63) is 34.9 Å². The molecule has 16 heavy (non-hydrogen) atoms. The molecule has 0 heterocycles. The summed E-state index contributed by atoms with van der Waals surface area (Å²) in [6, 6.07) is 5.70. The molecule has 2 rings (SSSR count). The number of carbonyl (C=O) groups is 2. The lowest BCUT2D eigenvalue weighted by molar-refractivity contribution is -0.138. The summed E-state index contributed by atoms with van der Waals surface area (Å²) < 4.78 is 0. The van der Waals surface area contributed by atoms with Gasteiger partial charge in [0.05, 0.1) is 5.92 Å². The first-order valence-electron chi connectivity index (χ1n) is 5.35. The van der Waals surface area contributed by atoms with Gasteiger partial charge < -0.3 is 5.11 Å². The molecule has 1 aliphatic carbocycles. The lowest BCUT2D eigenvalue weighted by atomic mass is 9.99. The molecule has 1 aromatic rings. The molecule has 1 saturated carbocycles. The van der Waals surface area contributed by atoms with Gasteiger partial charge in [-0.3, -0.25) is 9.59 Å². The molecule has 0 aromatic heterocycles. The zero-order valence-electron chi connectivity index (χ0n) is 9.36. The Morgan fingerprint density at radius 2 is 1.94 bits per heavy atom. The molecule has 0 spiro atoms. The van der Waals surface area contributed by atoms with Crippen LogP contribution in [-0.4, -0.2) is 16.9 Å². The van der Waals surface area contributed by atoms with Crippen LogP contribution in [0.2, 0.25) is 0 Å². The van der Waals surface area contributed by atoms with Gasteiger partial charge in [0.2, 0.25) is 0 Å². The summed E-state index contributed by atoms with van der Waals surface area (Å²) in [5, 5.41) is 8.79. The quantitative estimate of drug-likeness (QED) is 0.791. The maximum atomic E-state index is 12.0. The number of carboxylic acids is 1. The Morgan fingerprint density at radius 1 is 1.25 bits per heavy atom. The number of hydrogen-bond donors (Lipinski definition) is 1. The summed E-state index contributed by atoms with van der Waals surface area (Å²) in [6.07, 6.45) is 0.488. The Bertz CT molecular complexity index is 462. The number of rotatable bonds is 3. The van der Waals surface area contributed by atoms with Crippen LogP contribution in [0.1, 0.15) is 27.9 Å². The SMILES string of the molecule is Cc1ccc(C)c(C(=O)C2CC2C(=O)O)c1. The number of carboxylic acid groups (broad SMARTS) is 1. The summed E-state index contributed by atoms with van der Waals surface area (Å²) in [7, 11) is 0. The third-order valence-electron chi connectivity index (χ3n) is 3.10. The van der Waals surface area contributed by atoms with Crippen LogP contribution in [0.4, 0.5) is 0 Å². The lowest BCUT2D eigenvalue weighted by Crippen LogP contribution is -2.09. The second-order valence-corrected chi connectivity index (χ2v) is 4.47. The van der Waals surface area contributed by atoms with Crippen LogP contribution in [0, 0.1) is 25.7 Å². The minimum atomic E-state index is -0.858. The number of benzene rings is 1. The first-order chi connectivity index (χ1) is 7.50. The molecule has 0 aliphatic heterocycles. The topological polar surface area (TPSA) is 54.4 Å². The van der Waals surface area contributed by atoms with Crippen LogP contribution in [0.15, 0.2) is 18.2 Å². The van der Waals surface area contributed by atoms with E-state index in [0.29, 0.717) is 12.0 Å². The van der Waals surface area contributed by atoms with Crippen molar-refractivity contribution in [1.29, 1.82) is 0 Å². The van der Waals surface area contributed by atoms with E-state index in [1.165, 1.54) is 0 Å². The highest BCUT2D eigenvalue weighted by Gasteiger charge is 2.48. The van der Waals surface area contributed by atoms with Gasteiger partial charge in [-0.2, -0.15) is 0 Å². The minimum Gasteiger partial charge on any atom is -0.481 e. The number of ketones is 1. The number of aliphatic carboxylic acids is 1. The average molecular weight is 218 g/mol. The zero-order valence-corrected chi connectivity index (χ0v) is 9.36. The highest BCUT2D eigenvalue weighted by atomic mass is 16.4. The largest absolute Gasteiger partial charge is 0.481 e. The van der Waals surface area contributed by atoms with Gasteiger partial charge in [-0.25, -0.2) is 0 Å². The Kier molecular flexibility index (Phi) is 2.54. The zero-order chi connectivity index (χ0) is 11.9. The van der Waals surface area contributed by atoms with Crippen molar-refractivity contribution >= 4 is 11.8 Å². The van der Waals surface area contributed by atoms with E-state index in [1.807, 2.05) is 32.0 Å². The monoisotopic (exact) mass is 218 g/mol. The van der Waals surface area contributed by atoms with Crippen LogP contribution in [0.25, 0.3) is 0 Å². The van der Waals surface area contributed by atoms with Crippen LogP contribution in [-0.2, 0) is 4.79 Å². The number of hydrogen-bond acceptors (Lipinski definition) is 2. The summed E-state index contributed by atoms with van der Waals surface area (Å²) >= 11 is 0. The lowest BCUT2D eigenvalue weighted by Gasteiger charge is -2.05. The summed E-state index contributed by atoms with van der Waals surface area (Å²) in [4.78, 5) is 22.7. The highest BCUT2D eigenvalue weighted by Crippen LogP contribution is 2.41. The molecule has 3 heteroatoms. The Labute approximate surface area is 94.1 Å². The van der Waals surface area contributed by atoms with Crippen molar-refractivity contribution in [1.82, 2.24) is 0 Å². The summed E-state index contributed by atoms with van der Waals surface area (Å²) in [5.41, 5.74) is 2.63. The number of Topliss-reactive ketones (excluding diaryl/α,β-unsaturated/α-hetero) is 1. The molecule has 2 atom stereocenters. The van der Waals surface area contributed by atoms with E-state index in [9.17, 15) is 9.59 Å². The fourth-order valence-electron chi connectivity index (χ4n) is 1.96. The van der Waals surface area contributed by atoms with Gasteiger partial charge in [0.15, 0.2) is 5.78 Å². The van der Waals surface area contributed by atoms with Crippen LogP contribution >= 0.6 is 0 Å². The molecule has 2 unspecified atom stereocenters. The molecule has 0 radical (unpaired) electrons. The Morgan fingerprint density at radius 3 is 2.50 bits per heavy atom. The van der Waals surface area contributed by atoms with Gasteiger partial charge in [-0.15, -0.1) is 0 Å². The van der Waals surface area contributed by atoms with E-state index < -0.39 is 11.9 Å². The summed E-state index contributed by atoms with van der Waals surface area (Å²) in [6.45, 7) is 3.81. The van der Waals surface area contributed by atoms with E-state index in [2.05, 4.69) is 0 Å². The molecule has 1 fully saturated rings. The van der Waals surface area contributed by atoms with Crippen LogP contribution in [0.3, 0.4) is 0 Å². The van der Waals surface area contributed by atoms with Gasteiger partial charge in [0, 0.05) is 11.5 Å². The molecule has 3 nitrogen and oxygen atoms in total. The smallest absolute Gasteiger partial charge is 0.307 e. The van der Waals surface area contributed by atoms with Crippen molar-refractivity contribution < 1.29 is 14.7 Å². The van der Waals surface area contributed by atoms with Crippen LogP contribution in [0.5, 0.6) is 0 Å². The van der Waals surface area contributed by atoms with Crippen molar-refractivity contribution in [2.45, 2.75) is 20.3 Å². The predicted molar refractivity (Wildman–Crippen MR) is 59.5 cm³/mol. The third-order valence-corrected chi connectivity index (χ3v) is 3.10. The first-order valence-corrected chi connectivity index (χ1v) is 5.35. The molecule has 1 aliphatic rings. The van der Waals surface area contributed by atoms with Gasteiger partial charge in [0.1, 0.15) is 0 Å². The Balaban J connectivity index is 2.23. The summed E-state index contributed by atoms with van der Waals surface area (Å²) in [5.74, 6) is -1.65. The van der Waals surface area contributed by atoms with E-state index in [4.69, 9.17) is 5.11 Å². The van der Waals surface area contributed by atoms with E-state index in [-0.39, 0.29) is 11.7 Å². The van der Waals surface area contributed by atoms with E-state index in [0.717, 1.165) is 11.1 Å². The molecule has 1 aromatic carbocycles. The van der Waals surface area contributed by atoms with Gasteiger partial charge in [-0.1, -0.05) is 17.7 Å². The second kappa shape index (κ2) is 3.74. The van der Waals surface area contributed by atoms with Gasteiger partial charge >= 0.3 is 5.97 Å². The fraction of sp³-hybridized carbons (Fsp3) is 0.385. The number of aryl methyl sites for hydroxylation is 2. The van der Waals surface area contributed by atoms with Crippen LogP contribution < -0.4 is 0 Å². The minimum absolute atomic E-state index is 0.0198. The molecule has 0 bridgehead atoms. The van der Waals surface area contributed by atoms with Crippen molar-refractivity contribution in [2.75, 3.05) is 0 Å². The van der Waals surface area contributed by atoms with Crippen molar-refractivity contribution in [2.24, 2.45) is 11.8 Å². The first kappa shape index (κ1) is 10.9. The van der Waals surface area contributed by atoms with Crippen molar-refractivity contribution in [3.63, 3.8) is 0 Å². The molecular formula is C13H14O3. The van der Waals surface area contributed by atoms with Crippen molar-refractivity contribution in [3.8, 4) is 0 Å². The molecule has 84 valence electrons. The normalized spacial score (nSPS) is 22.9. The molecule has 0 amide bonds. The highest BCUT2D eigenvalue weighted by molar-refractivity contribution is 6.03. The van der Waals surface area contributed by atoms with Gasteiger partial charge in [-0.05, 0) is 31.9 Å².